The van der Waals surface area contributed by atoms with E-state index in [9.17, 15) is 9.59 Å². The zero-order chi connectivity index (χ0) is 19.0. The molecule has 2 aromatic carbocycles. The molecule has 0 N–H and O–H groups in total. The summed E-state index contributed by atoms with van der Waals surface area (Å²) in [6, 6.07) is 18.1. The number of hydrogen-bond acceptors (Lipinski definition) is 3. The highest BCUT2D eigenvalue weighted by molar-refractivity contribution is 6.35. The van der Waals surface area contributed by atoms with Gasteiger partial charge < -0.3 is 9.14 Å². The molecule has 27 heavy (non-hydrogen) atoms. The molecule has 0 saturated carbocycles. The standard InChI is InChI=1S/C22H16ClNO3/c1-2-27-22(26)17-13-19(21(25)16-9-5-6-10-18(16)23)24-12-11-14-7-3-4-8-15(14)20(17)24/h3-13H,2H2,1H3. The Bertz CT molecular complexity index is 1190. The topological polar surface area (TPSA) is 47.8 Å². The molecule has 5 heteroatoms. The van der Waals surface area contributed by atoms with Gasteiger partial charge in [-0.25, -0.2) is 4.79 Å². The van der Waals surface area contributed by atoms with Gasteiger partial charge in [-0.1, -0.05) is 48.0 Å². The Balaban J connectivity index is 2.02. The van der Waals surface area contributed by atoms with Crippen molar-refractivity contribution in [2.75, 3.05) is 6.61 Å². The Hall–Kier alpha value is -3.11. The van der Waals surface area contributed by atoms with E-state index >= 15 is 0 Å². The lowest BCUT2D eigenvalue weighted by molar-refractivity contribution is 0.0529. The Kier molecular flexibility index (Phi) is 4.42. The lowest BCUT2D eigenvalue weighted by Crippen LogP contribution is -2.05. The van der Waals surface area contributed by atoms with Gasteiger partial charge in [0.15, 0.2) is 0 Å². The van der Waals surface area contributed by atoms with Crippen molar-refractivity contribution in [3.63, 3.8) is 0 Å². The minimum atomic E-state index is -0.454. The van der Waals surface area contributed by atoms with Crippen LogP contribution in [0.1, 0.15) is 33.3 Å². The smallest absolute Gasteiger partial charge is 0.340 e. The third-order valence-corrected chi connectivity index (χ3v) is 4.83. The van der Waals surface area contributed by atoms with E-state index in [0.717, 1.165) is 10.8 Å². The maximum absolute atomic E-state index is 13.2. The van der Waals surface area contributed by atoms with Crippen molar-refractivity contribution >= 4 is 39.6 Å². The first-order valence-corrected chi connectivity index (χ1v) is 8.98. The molecule has 0 spiro atoms. The average molecular weight is 378 g/mol. The lowest BCUT2D eigenvalue weighted by atomic mass is 10.1. The number of pyridine rings is 1. The van der Waals surface area contributed by atoms with Crippen LogP contribution in [0, 0.1) is 0 Å². The number of nitrogens with zero attached hydrogens (tertiary/aromatic N) is 1. The highest BCUT2D eigenvalue weighted by atomic mass is 35.5. The van der Waals surface area contributed by atoms with Crippen molar-refractivity contribution in [1.82, 2.24) is 4.40 Å². The fraction of sp³-hybridized carbons (Fsp3) is 0.0909. The van der Waals surface area contributed by atoms with Gasteiger partial charge in [-0.05, 0) is 36.6 Å². The monoisotopic (exact) mass is 377 g/mol. The number of hydrogen-bond donors (Lipinski definition) is 0. The number of rotatable bonds is 4. The maximum Gasteiger partial charge on any atom is 0.340 e. The number of fused-ring (bicyclic) bond motifs is 3. The molecule has 0 radical (unpaired) electrons. The fourth-order valence-corrected chi connectivity index (χ4v) is 3.51. The Morgan fingerprint density at radius 3 is 2.52 bits per heavy atom. The van der Waals surface area contributed by atoms with E-state index in [2.05, 4.69) is 0 Å². The minimum Gasteiger partial charge on any atom is -0.462 e. The first kappa shape index (κ1) is 17.3. The number of benzene rings is 2. The highest BCUT2D eigenvalue weighted by Crippen LogP contribution is 2.29. The van der Waals surface area contributed by atoms with E-state index in [1.807, 2.05) is 30.3 Å². The summed E-state index contributed by atoms with van der Waals surface area (Å²) in [6.07, 6.45) is 1.80. The molecule has 0 aliphatic heterocycles. The number of halogens is 1. The summed E-state index contributed by atoms with van der Waals surface area (Å²) in [4.78, 5) is 25.7. The van der Waals surface area contributed by atoms with Crippen molar-refractivity contribution in [1.29, 1.82) is 0 Å². The number of esters is 1. The Morgan fingerprint density at radius 1 is 1.00 bits per heavy atom. The second-order valence-corrected chi connectivity index (χ2v) is 6.50. The van der Waals surface area contributed by atoms with Gasteiger partial charge in [0.25, 0.3) is 0 Å². The van der Waals surface area contributed by atoms with E-state index in [1.54, 1.807) is 47.9 Å². The number of carbonyl (C=O) groups is 2. The van der Waals surface area contributed by atoms with Crippen LogP contribution in [0.4, 0.5) is 0 Å². The van der Waals surface area contributed by atoms with Crippen LogP contribution in [0.3, 0.4) is 0 Å². The predicted molar refractivity (Wildman–Crippen MR) is 106 cm³/mol. The molecule has 0 fully saturated rings. The molecule has 4 rings (SSSR count). The number of aromatic nitrogens is 1. The molecule has 2 aromatic heterocycles. The maximum atomic E-state index is 13.2. The number of carbonyl (C=O) groups excluding carboxylic acids is 2. The zero-order valence-electron chi connectivity index (χ0n) is 14.6. The molecular formula is C22H16ClNO3. The van der Waals surface area contributed by atoms with Gasteiger partial charge in [0, 0.05) is 17.1 Å². The third kappa shape index (κ3) is 2.88. The van der Waals surface area contributed by atoms with Crippen LogP contribution in [-0.2, 0) is 4.74 Å². The first-order chi connectivity index (χ1) is 13.1. The molecule has 4 aromatic rings. The number of ketones is 1. The molecule has 0 unspecified atom stereocenters. The van der Waals surface area contributed by atoms with E-state index in [0.29, 0.717) is 27.4 Å². The third-order valence-electron chi connectivity index (χ3n) is 4.50. The van der Waals surface area contributed by atoms with Gasteiger partial charge in [0.1, 0.15) is 0 Å². The summed E-state index contributed by atoms with van der Waals surface area (Å²) in [5, 5.41) is 2.22. The summed E-state index contributed by atoms with van der Waals surface area (Å²) >= 11 is 6.21. The summed E-state index contributed by atoms with van der Waals surface area (Å²) in [7, 11) is 0. The van der Waals surface area contributed by atoms with Gasteiger partial charge in [0.05, 0.1) is 28.4 Å². The van der Waals surface area contributed by atoms with Gasteiger partial charge >= 0.3 is 5.97 Å². The zero-order valence-corrected chi connectivity index (χ0v) is 15.4. The minimum absolute atomic E-state index is 0.249. The predicted octanol–water partition coefficient (Wildman–Crippen LogP) is 5.15. The van der Waals surface area contributed by atoms with Crippen LogP contribution in [0.2, 0.25) is 5.02 Å². The van der Waals surface area contributed by atoms with Crippen LogP contribution < -0.4 is 0 Å². The first-order valence-electron chi connectivity index (χ1n) is 8.61. The van der Waals surface area contributed by atoms with Crippen LogP contribution in [0.5, 0.6) is 0 Å². The molecule has 0 saturated heterocycles. The van der Waals surface area contributed by atoms with Crippen molar-refractivity contribution < 1.29 is 14.3 Å². The van der Waals surface area contributed by atoms with Crippen molar-refractivity contribution in [2.45, 2.75) is 6.92 Å². The fourth-order valence-electron chi connectivity index (χ4n) is 3.29. The molecule has 134 valence electrons. The lowest BCUT2D eigenvalue weighted by Gasteiger charge is -2.07. The molecule has 4 nitrogen and oxygen atoms in total. The van der Waals surface area contributed by atoms with Crippen molar-refractivity contribution in [2.24, 2.45) is 0 Å². The Morgan fingerprint density at radius 2 is 1.74 bits per heavy atom. The molecule has 0 aliphatic rings. The van der Waals surface area contributed by atoms with Gasteiger partial charge in [0.2, 0.25) is 5.78 Å². The van der Waals surface area contributed by atoms with Crippen LogP contribution >= 0.6 is 11.6 Å². The molecular weight excluding hydrogens is 362 g/mol. The van der Waals surface area contributed by atoms with E-state index in [4.69, 9.17) is 16.3 Å². The molecule has 0 amide bonds. The van der Waals surface area contributed by atoms with Crippen LogP contribution in [0.25, 0.3) is 16.3 Å². The SMILES string of the molecule is CCOC(=O)c1cc(C(=O)c2ccccc2Cl)n2ccc3ccccc3c12. The van der Waals surface area contributed by atoms with Crippen molar-refractivity contribution in [3.8, 4) is 0 Å². The number of ether oxygens (including phenoxy) is 1. The highest BCUT2D eigenvalue weighted by Gasteiger charge is 2.23. The second-order valence-electron chi connectivity index (χ2n) is 6.09. The van der Waals surface area contributed by atoms with E-state index < -0.39 is 5.97 Å². The summed E-state index contributed by atoms with van der Waals surface area (Å²) < 4.78 is 6.95. The van der Waals surface area contributed by atoms with Gasteiger partial charge in [-0.3, -0.25) is 4.79 Å². The molecule has 0 bridgehead atoms. The second kappa shape index (κ2) is 6.89. The summed E-state index contributed by atoms with van der Waals surface area (Å²) in [5.41, 5.74) is 1.78. The van der Waals surface area contributed by atoms with Gasteiger partial charge in [-0.15, -0.1) is 0 Å². The van der Waals surface area contributed by atoms with Crippen molar-refractivity contribution in [3.05, 3.63) is 88.7 Å². The van der Waals surface area contributed by atoms with Crippen LogP contribution in [-0.4, -0.2) is 22.8 Å². The molecule has 0 aliphatic carbocycles. The average Bonchev–Trinajstić information content (AvgIpc) is 3.08. The summed E-state index contributed by atoms with van der Waals surface area (Å²) in [5.74, 6) is -0.703. The van der Waals surface area contributed by atoms with E-state index in [1.165, 1.54) is 0 Å². The summed E-state index contributed by atoms with van der Waals surface area (Å²) in [6.45, 7) is 2.01. The van der Waals surface area contributed by atoms with E-state index in [-0.39, 0.29) is 12.4 Å². The molecule has 0 atom stereocenters. The largest absolute Gasteiger partial charge is 0.462 e. The quantitative estimate of drug-likeness (QED) is 0.365. The van der Waals surface area contributed by atoms with Gasteiger partial charge in [-0.2, -0.15) is 0 Å². The molecule has 2 heterocycles. The Labute approximate surface area is 160 Å². The van der Waals surface area contributed by atoms with Crippen LogP contribution in [0.15, 0.2) is 66.9 Å². The normalized spacial score (nSPS) is 11.0.